The van der Waals surface area contributed by atoms with Crippen molar-refractivity contribution in [3.05, 3.63) is 35.4 Å². The number of hydrogen-bond acceptors (Lipinski definition) is 3. The zero-order valence-corrected chi connectivity index (χ0v) is 12.2. The monoisotopic (exact) mass is 291 g/mol. The zero-order valence-electron chi connectivity index (χ0n) is 12.2. The third kappa shape index (κ3) is 3.61. The Balaban J connectivity index is 2.10. The van der Waals surface area contributed by atoms with E-state index in [0.29, 0.717) is 25.0 Å². The third-order valence-electron chi connectivity index (χ3n) is 4.00. The van der Waals surface area contributed by atoms with E-state index >= 15 is 0 Å². The molecule has 0 unspecified atom stereocenters. The average molecular weight is 291 g/mol. The first-order valence-corrected chi connectivity index (χ1v) is 7.21. The molecule has 0 saturated heterocycles. The Labute approximate surface area is 124 Å². The summed E-state index contributed by atoms with van der Waals surface area (Å²) in [6.07, 6.45) is 3.68. The number of ether oxygens (including phenoxy) is 1. The lowest BCUT2D eigenvalue weighted by Crippen LogP contribution is -2.55. The predicted octanol–water partition coefficient (Wildman–Crippen LogP) is 2.35. The molecule has 5 heteroatoms. The summed E-state index contributed by atoms with van der Waals surface area (Å²) in [5.74, 6) is -1.27. The molecule has 0 aromatic heterocycles. The first kappa shape index (κ1) is 15.5. The fourth-order valence-electron chi connectivity index (χ4n) is 2.76. The predicted molar refractivity (Wildman–Crippen MR) is 78.1 cm³/mol. The van der Waals surface area contributed by atoms with Gasteiger partial charge in [0.15, 0.2) is 0 Å². The molecule has 5 nitrogen and oxygen atoms in total. The largest absolute Gasteiger partial charge is 0.480 e. The van der Waals surface area contributed by atoms with E-state index in [0.717, 1.165) is 24.8 Å². The Hall–Kier alpha value is -1.88. The number of methoxy groups -OCH3 is 1. The van der Waals surface area contributed by atoms with Gasteiger partial charge >= 0.3 is 5.97 Å². The number of carbonyl (C=O) groups excluding carboxylic acids is 1. The lowest BCUT2D eigenvalue weighted by Gasteiger charge is -2.34. The minimum Gasteiger partial charge on any atom is -0.480 e. The Morgan fingerprint density at radius 3 is 2.33 bits per heavy atom. The molecule has 114 valence electrons. The van der Waals surface area contributed by atoms with Gasteiger partial charge in [0.25, 0.3) is 5.91 Å². The molecule has 0 atom stereocenters. The zero-order chi connectivity index (χ0) is 15.3. The summed E-state index contributed by atoms with van der Waals surface area (Å²) in [5, 5.41) is 12.2. The van der Waals surface area contributed by atoms with Gasteiger partial charge in [-0.15, -0.1) is 0 Å². The van der Waals surface area contributed by atoms with E-state index in [-0.39, 0.29) is 5.91 Å². The van der Waals surface area contributed by atoms with Crippen molar-refractivity contribution in [2.75, 3.05) is 7.11 Å². The van der Waals surface area contributed by atoms with Crippen LogP contribution >= 0.6 is 0 Å². The molecule has 21 heavy (non-hydrogen) atoms. The van der Waals surface area contributed by atoms with Gasteiger partial charge in [-0.25, -0.2) is 4.79 Å². The van der Waals surface area contributed by atoms with Crippen molar-refractivity contribution in [2.45, 2.75) is 44.2 Å². The Kier molecular flexibility index (Phi) is 4.96. The smallest absolute Gasteiger partial charge is 0.329 e. The van der Waals surface area contributed by atoms with E-state index in [9.17, 15) is 14.7 Å². The van der Waals surface area contributed by atoms with Crippen molar-refractivity contribution in [1.82, 2.24) is 5.32 Å². The molecule has 0 spiro atoms. The van der Waals surface area contributed by atoms with Gasteiger partial charge in [-0.1, -0.05) is 31.4 Å². The van der Waals surface area contributed by atoms with E-state index in [1.165, 1.54) is 0 Å². The molecular formula is C16H21NO4. The van der Waals surface area contributed by atoms with Crippen molar-refractivity contribution in [3.63, 3.8) is 0 Å². The summed E-state index contributed by atoms with van der Waals surface area (Å²) in [6.45, 7) is 0.487. The van der Waals surface area contributed by atoms with Crippen LogP contribution in [0.1, 0.15) is 48.0 Å². The van der Waals surface area contributed by atoms with Crippen LogP contribution in [0, 0.1) is 0 Å². The van der Waals surface area contributed by atoms with Crippen molar-refractivity contribution >= 4 is 11.9 Å². The van der Waals surface area contributed by atoms with Crippen LogP contribution in [0.4, 0.5) is 0 Å². The fraction of sp³-hybridized carbons (Fsp3) is 0.500. The van der Waals surface area contributed by atoms with Gasteiger partial charge in [-0.05, 0) is 30.5 Å². The number of rotatable bonds is 5. The molecule has 0 bridgehead atoms. The third-order valence-corrected chi connectivity index (χ3v) is 4.00. The number of hydrogen-bond donors (Lipinski definition) is 2. The normalized spacial score (nSPS) is 17.2. The van der Waals surface area contributed by atoms with Gasteiger partial charge in [-0.2, -0.15) is 0 Å². The second-order valence-electron chi connectivity index (χ2n) is 5.53. The second kappa shape index (κ2) is 6.72. The summed E-state index contributed by atoms with van der Waals surface area (Å²) in [5.41, 5.74) is 0.335. The number of carboxylic acid groups (broad SMARTS) is 1. The van der Waals surface area contributed by atoms with Crippen molar-refractivity contribution in [1.29, 1.82) is 0 Å². The molecule has 1 fully saturated rings. The van der Waals surface area contributed by atoms with Crippen LogP contribution < -0.4 is 5.32 Å². The van der Waals surface area contributed by atoms with E-state index in [1.54, 1.807) is 19.2 Å². The lowest BCUT2D eigenvalue weighted by atomic mass is 9.81. The highest BCUT2D eigenvalue weighted by Crippen LogP contribution is 2.28. The Morgan fingerprint density at radius 1 is 1.19 bits per heavy atom. The van der Waals surface area contributed by atoms with E-state index in [2.05, 4.69) is 5.32 Å². The summed E-state index contributed by atoms with van der Waals surface area (Å²) >= 11 is 0. The second-order valence-corrected chi connectivity index (χ2v) is 5.53. The molecule has 1 aliphatic carbocycles. The minimum absolute atomic E-state index is 0.330. The van der Waals surface area contributed by atoms with Crippen molar-refractivity contribution in [3.8, 4) is 0 Å². The topological polar surface area (TPSA) is 75.6 Å². The highest BCUT2D eigenvalue weighted by Gasteiger charge is 2.41. The maximum Gasteiger partial charge on any atom is 0.329 e. The van der Waals surface area contributed by atoms with Gasteiger partial charge in [0.1, 0.15) is 5.54 Å². The molecule has 0 radical (unpaired) electrons. The van der Waals surface area contributed by atoms with Crippen molar-refractivity contribution < 1.29 is 19.4 Å². The lowest BCUT2D eigenvalue weighted by molar-refractivity contribution is -0.145. The number of benzene rings is 1. The molecule has 2 rings (SSSR count). The molecule has 1 amide bonds. The molecular weight excluding hydrogens is 270 g/mol. The van der Waals surface area contributed by atoms with Crippen LogP contribution in [-0.4, -0.2) is 29.6 Å². The summed E-state index contributed by atoms with van der Waals surface area (Å²) in [7, 11) is 1.61. The Morgan fingerprint density at radius 2 is 1.81 bits per heavy atom. The molecule has 1 aliphatic rings. The molecule has 1 aromatic rings. The van der Waals surface area contributed by atoms with E-state index in [1.807, 2.05) is 12.1 Å². The summed E-state index contributed by atoms with van der Waals surface area (Å²) in [4.78, 5) is 23.8. The van der Waals surface area contributed by atoms with E-state index < -0.39 is 11.5 Å². The number of carboxylic acids is 1. The first-order chi connectivity index (χ1) is 10.1. The fourth-order valence-corrected chi connectivity index (χ4v) is 2.76. The van der Waals surface area contributed by atoms with Gasteiger partial charge in [0.2, 0.25) is 0 Å². The van der Waals surface area contributed by atoms with Crippen LogP contribution in [0.25, 0.3) is 0 Å². The maximum atomic E-state index is 12.3. The van der Waals surface area contributed by atoms with Gasteiger partial charge < -0.3 is 15.2 Å². The minimum atomic E-state index is -1.11. The maximum absolute atomic E-state index is 12.3. The van der Waals surface area contributed by atoms with E-state index in [4.69, 9.17) is 4.74 Å². The molecule has 1 saturated carbocycles. The average Bonchev–Trinajstić information content (AvgIpc) is 2.49. The molecule has 0 heterocycles. The quantitative estimate of drug-likeness (QED) is 0.873. The Bertz CT molecular complexity index is 504. The number of carbonyl (C=O) groups is 2. The highest BCUT2D eigenvalue weighted by molar-refractivity contribution is 5.97. The van der Waals surface area contributed by atoms with Gasteiger partial charge in [0.05, 0.1) is 6.61 Å². The number of nitrogens with one attached hydrogen (secondary N) is 1. The SMILES string of the molecule is COCc1ccc(C(=O)NC2(C(=O)O)CCCCC2)cc1. The summed E-state index contributed by atoms with van der Waals surface area (Å²) < 4.78 is 5.02. The van der Waals surface area contributed by atoms with Gasteiger partial charge in [-0.3, -0.25) is 4.79 Å². The molecule has 0 aliphatic heterocycles. The standard InChI is InChI=1S/C16H21NO4/c1-21-11-12-5-7-13(8-6-12)14(18)17-16(15(19)20)9-3-2-4-10-16/h5-8H,2-4,9-11H2,1H3,(H,17,18)(H,19,20). The number of aliphatic carboxylic acids is 1. The molecule has 1 aromatic carbocycles. The van der Waals surface area contributed by atoms with Crippen LogP contribution in [-0.2, 0) is 16.1 Å². The van der Waals surface area contributed by atoms with Crippen LogP contribution in [0.15, 0.2) is 24.3 Å². The van der Waals surface area contributed by atoms with Crippen molar-refractivity contribution in [2.24, 2.45) is 0 Å². The van der Waals surface area contributed by atoms with Crippen LogP contribution in [0.5, 0.6) is 0 Å². The number of amides is 1. The van der Waals surface area contributed by atoms with Crippen LogP contribution in [0.3, 0.4) is 0 Å². The van der Waals surface area contributed by atoms with Crippen LogP contribution in [0.2, 0.25) is 0 Å². The highest BCUT2D eigenvalue weighted by atomic mass is 16.5. The molecule has 2 N–H and O–H groups in total. The summed E-state index contributed by atoms with van der Waals surface area (Å²) in [6, 6.07) is 7.02. The first-order valence-electron chi connectivity index (χ1n) is 7.21. The van der Waals surface area contributed by atoms with Gasteiger partial charge in [0, 0.05) is 12.7 Å².